The molecule has 3 aromatic carbocycles. The smallest absolute Gasteiger partial charge is 0.338 e. The van der Waals surface area contributed by atoms with Gasteiger partial charge in [0.05, 0.1) is 28.1 Å². The number of esters is 1. The van der Waals surface area contributed by atoms with E-state index in [-0.39, 0.29) is 57.6 Å². The van der Waals surface area contributed by atoms with Crippen LogP contribution in [0.1, 0.15) is 45.0 Å². The van der Waals surface area contributed by atoms with Gasteiger partial charge < -0.3 is 4.74 Å². The predicted molar refractivity (Wildman–Crippen MR) is 142 cm³/mol. The van der Waals surface area contributed by atoms with Crippen molar-refractivity contribution in [1.29, 1.82) is 0 Å². The van der Waals surface area contributed by atoms with E-state index in [4.69, 9.17) is 27.9 Å². The highest BCUT2D eigenvalue weighted by atomic mass is 35.5. The molecule has 2 saturated carbocycles. The zero-order chi connectivity index (χ0) is 26.6. The van der Waals surface area contributed by atoms with Gasteiger partial charge in [-0.25, -0.2) is 4.79 Å². The maximum Gasteiger partial charge on any atom is 0.338 e. The van der Waals surface area contributed by atoms with Gasteiger partial charge in [-0.3, -0.25) is 19.3 Å². The van der Waals surface area contributed by atoms with E-state index >= 15 is 0 Å². The first kappa shape index (κ1) is 24.8. The first-order valence-electron chi connectivity index (χ1n) is 12.5. The van der Waals surface area contributed by atoms with Crippen molar-refractivity contribution in [2.24, 2.45) is 23.7 Å². The fraction of sp³-hybridized carbons (Fsp3) is 0.267. The Morgan fingerprint density at radius 3 is 2.39 bits per heavy atom. The van der Waals surface area contributed by atoms with Gasteiger partial charge in [0, 0.05) is 10.6 Å². The molecule has 2 bridgehead atoms. The van der Waals surface area contributed by atoms with E-state index in [9.17, 15) is 19.2 Å². The molecule has 1 heterocycles. The normalized spacial score (nSPS) is 25.5. The molecule has 8 heteroatoms. The van der Waals surface area contributed by atoms with Crippen molar-refractivity contribution in [3.8, 4) is 0 Å². The molecule has 6 rings (SSSR count). The quantitative estimate of drug-likeness (QED) is 0.216. The third-order valence-corrected chi connectivity index (χ3v) is 8.70. The number of Topliss-reactive ketones (excluding diaryl/α,β-unsaturated/α-hetero) is 1. The number of amides is 2. The Bertz CT molecular complexity index is 1470. The number of nitrogens with zero attached hydrogens (tertiary/aromatic N) is 1. The fourth-order valence-electron chi connectivity index (χ4n) is 6.58. The lowest BCUT2D eigenvalue weighted by molar-refractivity contribution is -0.123. The lowest BCUT2D eigenvalue weighted by Gasteiger charge is -2.28. The summed E-state index contributed by atoms with van der Waals surface area (Å²) in [7, 11) is 0. The van der Waals surface area contributed by atoms with Gasteiger partial charge in [-0.2, -0.15) is 0 Å². The summed E-state index contributed by atoms with van der Waals surface area (Å²) < 4.78 is 5.21. The lowest BCUT2D eigenvalue weighted by Crippen LogP contribution is -2.33. The number of rotatable bonds is 6. The highest BCUT2D eigenvalue weighted by Gasteiger charge is 2.64. The third kappa shape index (κ3) is 4.12. The Morgan fingerprint density at radius 1 is 0.868 bits per heavy atom. The molecule has 3 aliphatic rings. The number of anilines is 1. The van der Waals surface area contributed by atoms with Crippen molar-refractivity contribution in [3.63, 3.8) is 0 Å². The van der Waals surface area contributed by atoms with Crippen molar-refractivity contribution in [2.75, 3.05) is 11.5 Å². The summed E-state index contributed by atoms with van der Waals surface area (Å²) in [5.74, 6) is -1.70. The number of hydrogen-bond donors (Lipinski definition) is 0. The van der Waals surface area contributed by atoms with Crippen LogP contribution < -0.4 is 4.90 Å². The molecule has 3 fully saturated rings. The average Bonchev–Trinajstić information content (AvgIpc) is 3.59. The maximum absolute atomic E-state index is 13.6. The Labute approximate surface area is 229 Å². The molecule has 6 nitrogen and oxygen atoms in total. The largest absolute Gasteiger partial charge is 0.454 e. The number of halogens is 2. The molecule has 1 aliphatic heterocycles. The van der Waals surface area contributed by atoms with Crippen molar-refractivity contribution < 1.29 is 23.9 Å². The minimum absolute atomic E-state index is 0.132. The topological polar surface area (TPSA) is 80.8 Å². The Balaban J connectivity index is 1.18. The lowest BCUT2D eigenvalue weighted by atomic mass is 9.73. The van der Waals surface area contributed by atoms with Crippen LogP contribution in [-0.2, 0) is 14.3 Å². The maximum atomic E-state index is 13.6. The van der Waals surface area contributed by atoms with E-state index in [2.05, 4.69) is 12.1 Å². The summed E-state index contributed by atoms with van der Waals surface area (Å²) in [5, 5.41) is 0.555. The van der Waals surface area contributed by atoms with Crippen molar-refractivity contribution in [3.05, 3.63) is 99.5 Å². The molecule has 3 aromatic rings. The molecule has 0 spiro atoms. The standard InChI is InChI=1S/C30H23Cl2NO5/c31-19-9-10-21(24(32)14-19)25(34)15-38-30(37)17-7-4-8-20(11-17)33-28(35)26-18-12-22(16-5-2-1-3-6-16)23(13-18)27(26)29(33)36/h1-11,14,18,22-23,26-27H,12-13,15H2/t18-,22-,23-,26+,27+/m0/s1. The van der Waals surface area contributed by atoms with Gasteiger partial charge in [0.1, 0.15) is 0 Å². The van der Waals surface area contributed by atoms with Crippen LogP contribution in [0, 0.1) is 23.7 Å². The van der Waals surface area contributed by atoms with Gasteiger partial charge in [0.2, 0.25) is 17.6 Å². The molecular formula is C30H23Cl2NO5. The number of carbonyl (C=O) groups is 4. The first-order valence-corrected chi connectivity index (χ1v) is 13.3. The van der Waals surface area contributed by atoms with Crippen LogP contribution in [0.15, 0.2) is 72.8 Å². The summed E-state index contributed by atoms with van der Waals surface area (Å²) in [6, 6.07) is 20.9. The van der Waals surface area contributed by atoms with Gasteiger partial charge in [0.15, 0.2) is 6.61 Å². The molecule has 0 N–H and O–H groups in total. The molecule has 5 atom stereocenters. The molecule has 192 valence electrons. The molecule has 0 aromatic heterocycles. The van der Waals surface area contributed by atoms with Gasteiger partial charge in [0.25, 0.3) is 0 Å². The van der Waals surface area contributed by atoms with E-state index in [1.54, 1.807) is 12.1 Å². The predicted octanol–water partition coefficient (Wildman–Crippen LogP) is 5.96. The molecular weight excluding hydrogens is 525 g/mol. The summed E-state index contributed by atoms with van der Waals surface area (Å²) >= 11 is 11.9. The fourth-order valence-corrected chi connectivity index (χ4v) is 7.09. The van der Waals surface area contributed by atoms with E-state index in [0.29, 0.717) is 10.7 Å². The number of ketones is 1. The number of ether oxygens (including phenoxy) is 1. The molecule has 0 unspecified atom stereocenters. The van der Waals surface area contributed by atoms with Gasteiger partial charge in [-0.15, -0.1) is 0 Å². The number of hydrogen-bond acceptors (Lipinski definition) is 5. The van der Waals surface area contributed by atoms with Crippen LogP contribution in [0.4, 0.5) is 5.69 Å². The third-order valence-electron chi connectivity index (χ3n) is 8.15. The molecule has 38 heavy (non-hydrogen) atoms. The average molecular weight is 548 g/mol. The van der Waals surface area contributed by atoms with E-state index < -0.39 is 18.4 Å². The zero-order valence-corrected chi connectivity index (χ0v) is 21.7. The van der Waals surface area contributed by atoms with Crippen molar-refractivity contribution in [1.82, 2.24) is 0 Å². The monoisotopic (exact) mass is 547 g/mol. The van der Waals surface area contributed by atoms with Gasteiger partial charge in [-0.05, 0) is 72.6 Å². The van der Waals surface area contributed by atoms with Crippen molar-refractivity contribution >= 4 is 52.5 Å². The van der Waals surface area contributed by atoms with E-state index in [0.717, 1.165) is 12.8 Å². The van der Waals surface area contributed by atoms with Gasteiger partial charge in [-0.1, -0.05) is 59.6 Å². The van der Waals surface area contributed by atoms with Crippen LogP contribution in [0.5, 0.6) is 0 Å². The molecule has 2 aliphatic carbocycles. The number of imide groups is 1. The second-order valence-corrected chi connectivity index (χ2v) is 11.0. The summed E-state index contributed by atoms with van der Waals surface area (Å²) in [5.41, 5.74) is 1.89. The second kappa shape index (κ2) is 9.68. The highest BCUT2D eigenvalue weighted by molar-refractivity contribution is 6.36. The van der Waals surface area contributed by atoms with Crippen LogP contribution in [0.2, 0.25) is 10.0 Å². The first-order chi connectivity index (χ1) is 18.3. The van der Waals surface area contributed by atoms with Crippen molar-refractivity contribution in [2.45, 2.75) is 18.8 Å². The number of fused-ring (bicyclic) bond motifs is 5. The van der Waals surface area contributed by atoms with Crippen LogP contribution >= 0.6 is 23.2 Å². The Kier molecular flexibility index (Phi) is 6.33. The zero-order valence-electron chi connectivity index (χ0n) is 20.2. The summed E-state index contributed by atoms with van der Waals surface area (Å²) in [6.07, 6.45) is 1.79. The molecule has 2 amide bonds. The molecule has 1 saturated heterocycles. The van der Waals surface area contributed by atoms with E-state index in [1.165, 1.54) is 40.8 Å². The minimum Gasteiger partial charge on any atom is -0.454 e. The summed E-state index contributed by atoms with van der Waals surface area (Å²) in [6.45, 7) is -0.514. The van der Waals surface area contributed by atoms with Crippen LogP contribution in [0.3, 0.4) is 0 Å². The number of carbonyl (C=O) groups excluding carboxylic acids is 4. The summed E-state index contributed by atoms with van der Waals surface area (Å²) in [4.78, 5) is 53.5. The SMILES string of the molecule is O=C(OCC(=O)c1ccc(Cl)cc1Cl)c1cccc(N2C(=O)[C@@H]3[C@@H]4C[C@H]([C@H]3C2=O)[C@H](c2ccccc2)C4)c1. The van der Waals surface area contributed by atoms with E-state index in [1.807, 2.05) is 18.2 Å². The highest BCUT2D eigenvalue weighted by Crippen LogP contribution is 2.61. The van der Waals surface area contributed by atoms with Crippen LogP contribution in [-0.4, -0.2) is 30.2 Å². The van der Waals surface area contributed by atoms with Gasteiger partial charge >= 0.3 is 5.97 Å². The number of benzene rings is 3. The minimum atomic E-state index is -0.742. The molecule has 0 radical (unpaired) electrons. The Morgan fingerprint density at radius 2 is 1.63 bits per heavy atom. The Hall–Kier alpha value is -3.48. The second-order valence-electron chi connectivity index (χ2n) is 10.1. The van der Waals surface area contributed by atoms with Crippen LogP contribution in [0.25, 0.3) is 0 Å².